The first kappa shape index (κ1) is 24.9. The molecule has 188 valence electrons. The van der Waals surface area contributed by atoms with Crippen LogP contribution in [0.3, 0.4) is 0 Å². The number of hydrogen-bond donors (Lipinski definition) is 0. The average molecular weight is 483 g/mol. The summed E-state index contributed by atoms with van der Waals surface area (Å²) in [4.78, 5) is 4.56. The molecule has 4 rings (SSSR count). The fourth-order valence-corrected chi connectivity index (χ4v) is 4.73. The van der Waals surface area contributed by atoms with Crippen LogP contribution in [0.4, 0.5) is 10.1 Å². The maximum absolute atomic E-state index is 14.3. The van der Waals surface area contributed by atoms with Crippen molar-refractivity contribution in [3.05, 3.63) is 59.7 Å². The lowest BCUT2D eigenvalue weighted by molar-refractivity contribution is 0.152. The van der Waals surface area contributed by atoms with Gasteiger partial charge in [-0.1, -0.05) is 32.0 Å². The SMILES string of the molecule is COc1ccc(CCn2nnnc2[C@@H](CC(C)C)N2CCN(c3ccccc3F)CC2)cc1OC. The average Bonchev–Trinajstić information content (AvgIpc) is 3.34. The molecule has 0 spiro atoms. The van der Waals surface area contributed by atoms with Crippen molar-refractivity contribution in [2.24, 2.45) is 5.92 Å². The van der Waals surface area contributed by atoms with E-state index < -0.39 is 0 Å². The zero-order valence-electron chi connectivity index (χ0n) is 21.0. The summed E-state index contributed by atoms with van der Waals surface area (Å²) < 4.78 is 27.0. The number of rotatable bonds is 10. The van der Waals surface area contributed by atoms with E-state index in [1.165, 1.54) is 6.07 Å². The molecular weight excluding hydrogens is 447 g/mol. The number of nitrogens with zero attached hydrogens (tertiary/aromatic N) is 6. The molecule has 0 aliphatic carbocycles. The van der Waals surface area contributed by atoms with E-state index in [0.29, 0.717) is 29.6 Å². The molecule has 1 aliphatic rings. The van der Waals surface area contributed by atoms with Crippen LogP contribution in [-0.4, -0.2) is 65.5 Å². The number of hydrogen-bond acceptors (Lipinski definition) is 7. The number of benzene rings is 2. The second-order valence-electron chi connectivity index (χ2n) is 9.32. The summed E-state index contributed by atoms with van der Waals surface area (Å²) in [7, 11) is 3.28. The minimum Gasteiger partial charge on any atom is -0.493 e. The highest BCUT2D eigenvalue weighted by Crippen LogP contribution is 2.30. The monoisotopic (exact) mass is 482 g/mol. The van der Waals surface area contributed by atoms with Crippen LogP contribution in [-0.2, 0) is 13.0 Å². The molecule has 1 atom stereocenters. The standard InChI is InChI=1S/C26H35FN6O2/c1-19(2)17-23(32-15-13-31(14-16-32)22-8-6-5-7-21(22)27)26-28-29-30-33(26)12-11-20-9-10-24(34-3)25(18-20)35-4/h5-10,18-19,23H,11-17H2,1-4H3/t23-/m1/s1. The minimum atomic E-state index is -0.168. The third-order valence-electron chi connectivity index (χ3n) is 6.56. The topological polar surface area (TPSA) is 68.5 Å². The van der Waals surface area contributed by atoms with E-state index in [1.807, 2.05) is 35.0 Å². The molecule has 2 heterocycles. The van der Waals surface area contributed by atoms with Crippen LogP contribution in [0.1, 0.15) is 37.7 Å². The molecule has 0 radical (unpaired) electrons. The van der Waals surface area contributed by atoms with Gasteiger partial charge in [-0.25, -0.2) is 9.07 Å². The number of methoxy groups -OCH3 is 2. The minimum absolute atomic E-state index is 0.109. The van der Waals surface area contributed by atoms with Gasteiger partial charge in [-0.05, 0) is 59.0 Å². The van der Waals surface area contributed by atoms with Crippen molar-refractivity contribution in [2.75, 3.05) is 45.3 Å². The Kier molecular flexibility index (Phi) is 8.17. The Morgan fingerprint density at radius 1 is 0.971 bits per heavy atom. The predicted octanol–water partition coefficient (Wildman–Crippen LogP) is 3.98. The summed E-state index contributed by atoms with van der Waals surface area (Å²) in [5.41, 5.74) is 1.80. The number of tetrazole rings is 1. The second kappa shape index (κ2) is 11.5. The van der Waals surface area contributed by atoms with E-state index in [9.17, 15) is 4.39 Å². The van der Waals surface area contributed by atoms with E-state index in [0.717, 1.165) is 50.4 Å². The van der Waals surface area contributed by atoms with Gasteiger partial charge in [-0.3, -0.25) is 4.90 Å². The molecule has 35 heavy (non-hydrogen) atoms. The lowest BCUT2D eigenvalue weighted by Gasteiger charge is -2.40. The maximum Gasteiger partial charge on any atom is 0.168 e. The highest BCUT2D eigenvalue weighted by atomic mass is 19.1. The van der Waals surface area contributed by atoms with Crippen LogP contribution in [0.5, 0.6) is 11.5 Å². The van der Waals surface area contributed by atoms with Gasteiger partial charge >= 0.3 is 0 Å². The summed E-state index contributed by atoms with van der Waals surface area (Å²) in [6.07, 6.45) is 1.73. The zero-order chi connectivity index (χ0) is 24.8. The van der Waals surface area contributed by atoms with Gasteiger partial charge in [0, 0.05) is 32.7 Å². The maximum atomic E-state index is 14.3. The first-order chi connectivity index (χ1) is 17.0. The molecule has 8 nitrogen and oxygen atoms in total. The number of anilines is 1. The van der Waals surface area contributed by atoms with E-state index >= 15 is 0 Å². The first-order valence-electron chi connectivity index (χ1n) is 12.2. The molecule has 0 N–H and O–H groups in total. The highest BCUT2D eigenvalue weighted by molar-refractivity contribution is 5.48. The first-order valence-corrected chi connectivity index (χ1v) is 12.2. The molecule has 1 saturated heterocycles. The van der Waals surface area contributed by atoms with Crippen molar-refractivity contribution in [2.45, 2.75) is 39.3 Å². The van der Waals surface area contributed by atoms with Crippen molar-refractivity contribution in [1.29, 1.82) is 0 Å². The Hall–Kier alpha value is -3.20. The van der Waals surface area contributed by atoms with Gasteiger partial charge in [-0.2, -0.15) is 0 Å². The Morgan fingerprint density at radius 3 is 2.40 bits per heavy atom. The van der Waals surface area contributed by atoms with Crippen molar-refractivity contribution in [3.8, 4) is 11.5 Å². The van der Waals surface area contributed by atoms with E-state index in [4.69, 9.17) is 9.47 Å². The molecular formula is C26H35FN6O2. The molecule has 0 unspecified atom stereocenters. The Morgan fingerprint density at radius 2 is 1.71 bits per heavy atom. The smallest absolute Gasteiger partial charge is 0.168 e. The Bertz CT molecular complexity index is 1100. The Labute approximate surface area is 206 Å². The third kappa shape index (κ3) is 5.90. The molecule has 3 aromatic rings. The van der Waals surface area contributed by atoms with Crippen molar-refractivity contribution in [3.63, 3.8) is 0 Å². The number of ether oxygens (including phenoxy) is 2. The van der Waals surface area contributed by atoms with Gasteiger partial charge in [-0.15, -0.1) is 5.10 Å². The molecule has 1 aliphatic heterocycles. The van der Waals surface area contributed by atoms with Gasteiger partial charge in [0.25, 0.3) is 0 Å². The highest BCUT2D eigenvalue weighted by Gasteiger charge is 2.30. The fraction of sp³-hybridized carbons (Fsp3) is 0.500. The molecule has 1 aromatic heterocycles. The van der Waals surface area contributed by atoms with Gasteiger partial charge in [0.15, 0.2) is 17.3 Å². The lowest BCUT2D eigenvalue weighted by Crippen LogP contribution is -2.48. The van der Waals surface area contributed by atoms with E-state index in [2.05, 4.69) is 39.2 Å². The van der Waals surface area contributed by atoms with Gasteiger partial charge in [0.05, 0.1) is 25.9 Å². The summed E-state index contributed by atoms with van der Waals surface area (Å²) in [5.74, 6) is 2.64. The quantitative estimate of drug-likeness (QED) is 0.433. The molecule has 0 saturated carbocycles. The summed E-state index contributed by atoms with van der Waals surface area (Å²) in [6.45, 7) is 8.30. The van der Waals surface area contributed by atoms with Crippen LogP contribution in [0.25, 0.3) is 0 Å². The van der Waals surface area contributed by atoms with Crippen molar-refractivity contribution in [1.82, 2.24) is 25.1 Å². The van der Waals surface area contributed by atoms with E-state index in [-0.39, 0.29) is 11.9 Å². The van der Waals surface area contributed by atoms with Crippen LogP contribution >= 0.6 is 0 Å². The van der Waals surface area contributed by atoms with Gasteiger partial charge in [0.2, 0.25) is 0 Å². The van der Waals surface area contributed by atoms with Crippen molar-refractivity contribution < 1.29 is 13.9 Å². The summed E-state index contributed by atoms with van der Waals surface area (Å²) in [6, 6.07) is 13.1. The summed E-state index contributed by atoms with van der Waals surface area (Å²) >= 11 is 0. The number of halogens is 1. The number of aromatic nitrogens is 4. The van der Waals surface area contributed by atoms with Gasteiger partial charge in [0.1, 0.15) is 5.82 Å². The predicted molar refractivity (Wildman–Crippen MR) is 133 cm³/mol. The fourth-order valence-electron chi connectivity index (χ4n) is 4.73. The lowest BCUT2D eigenvalue weighted by atomic mass is 10.0. The van der Waals surface area contributed by atoms with Crippen LogP contribution < -0.4 is 14.4 Å². The zero-order valence-corrected chi connectivity index (χ0v) is 21.0. The molecule has 1 fully saturated rings. The van der Waals surface area contributed by atoms with Crippen molar-refractivity contribution >= 4 is 5.69 Å². The summed E-state index contributed by atoms with van der Waals surface area (Å²) in [5, 5.41) is 12.8. The number of piperazine rings is 1. The number of aryl methyl sites for hydroxylation is 2. The van der Waals surface area contributed by atoms with E-state index in [1.54, 1.807) is 20.3 Å². The van der Waals surface area contributed by atoms with Gasteiger partial charge < -0.3 is 14.4 Å². The van der Waals surface area contributed by atoms with Crippen LogP contribution in [0, 0.1) is 11.7 Å². The molecule has 0 amide bonds. The normalized spacial score (nSPS) is 15.4. The van der Waals surface area contributed by atoms with Crippen LogP contribution in [0.2, 0.25) is 0 Å². The second-order valence-corrected chi connectivity index (χ2v) is 9.32. The number of para-hydroxylation sites is 1. The largest absolute Gasteiger partial charge is 0.493 e. The molecule has 9 heteroatoms. The Balaban J connectivity index is 1.46. The van der Waals surface area contributed by atoms with Crippen LogP contribution in [0.15, 0.2) is 42.5 Å². The molecule has 0 bridgehead atoms. The molecule has 2 aromatic carbocycles. The third-order valence-corrected chi connectivity index (χ3v) is 6.56.